The van der Waals surface area contributed by atoms with Crippen LogP contribution < -0.4 is 14.3 Å². The van der Waals surface area contributed by atoms with E-state index in [4.69, 9.17) is 8.92 Å². The van der Waals surface area contributed by atoms with Gasteiger partial charge in [-0.2, -0.15) is 13.5 Å². The second-order valence-electron chi connectivity index (χ2n) is 6.92. The summed E-state index contributed by atoms with van der Waals surface area (Å²) in [5.74, 6) is 0.365. The maximum absolute atomic E-state index is 12.5. The quantitative estimate of drug-likeness (QED) is 0.208. The lowest BCUT2D eigenvalue weighted by molar-refractivity contribution is 0.390. The molecular formula is C24H21N3O4S2. The van der Waals surface area contributed by atoms with E-state index in [1.165, 1.54) is 36.6 Å². The van der Waals surface area contributed by atoms with Crippen LogP contribution in [0.15, 0.2) is 88.9 Å². The van der Waals surface area contributed by atoms with Crippen LogP contribution in [0.5, 0.6) is 11.5 Å². The maximum Gasteiger partial charge on any atom is 0.339 e. The van der Waals surface area contributed by atoms with Gasteiger partial charge in [-0.05, 0) is 42.8 Å². The summed E-state index contributed by atoms with van der Waals surface area (Å²) in [6, 6.07) is 22.8. The Morgan fingerprint density at radius 1 is 0.970 bits per heavy atom. The van der Waals surface area contributed by atoms with E-state index in [1.807, 2.05) is 37.3 Å². The largest absolute Gasteiger partial charge is 0.493 e. The fourth-order valence-corrected chi connectivity index (χ4v) is 4.80. The van der Waals surface area contributed by atoms with Gasteiger partial charge in [0.15, 0.2) is 11.5 Å². The zero-order valence-electron chi connectivity index (χ0n) is 17.9. The number of hydrazone groups is 1. The average molecular weight is 480 g/mol. The second kappa shape index (κ2) is 9.85. The number of aromatic nitrogens is 1. The number of benzene rings is 3. The number of anilines is 1. The molecule has 1 N–H and O–H groups in total. The first-order valence-corrected chi connectivity index (χ1v) is 12.2. The Hall–Kier alpha value is -3.69. The molecule has 0 amide bonds. The van der Waals surface area contributed by atoms with E-state index in [2.05, 4.69) is 15.5 Å². The number of hydrogen-bond donors (Lipinski definition) is 1. The molecule has 7 nitrogen and oxygen atoms in total. The first-order chi connectivity index (χ1) is 16.0. The van der Waals surface area contributed by atoms with Crippen LogP contribution in [0.25, 0.3) is 11.3 Å². The van der Waals surface area contributed by atoms with E-state index >= 15 is 0 Å². The highest BCUT2D eigenvalue weighted by molar-refractivity contribution is 7.87. The molecule has 168 valence electrons. The van der Waals surface area contributed by atoms with Crippen LogP contribution >= 0.6 is 11.3 Å². The molecule has 9 heteroatoms. The molecule has 1 aromatic heterocycles. The van der Waals surface area contributed by atoms with Crippen LogP contribution in [0.4, 0.5) is 5.13 Å². The van der Waals surface area contributed by atoms with Crippen LogP contribution in [0.3, 0.4) is 0 Å². The zero-order chi connectivity index (χ0) is 23.3. The number of hydrogen-bond acceptors (Lipinski definition) is 8. The fraction of sp³-hybridized carbons (Fsp3) is 0.0833. The molecule has 0 fully saturated rings. The molecular weight excluding hydrogens is 458 g/mol. The van der Waals surface area contributed by atoms with Crippen LogP contribution in [0, 0.1) is 6.92 Å². The van der Waals surface area contributed by atoms with Crippen molar-refractivity contribution in [3.05, 3.63) is 89.3 Å². The van der Waals surface area contributed by atoms with Crippen molar-refractivity contribution >= 4 is 32.8 Å². The molecule has 4 rings (SSSR count). The number of ether oxygens (including phenoxy) is 1. The van der Waals surface area contributed by atoms with Gasteiger partial charge in [0.05, 0.1) is 19.0 Å². The van der Waals surface area contributed by atoms with Gasteiger partial charge in [0, 0.05) is 10.4 Å². The van der Waals surface area contributed by atoms with Gasteiger partial charge in [0.25, 0.3) is 0 Å². The third kappa shape index (κ3) is 5.39. The van der Waals surface area contributed by atoms with Crippen molar-refractivity contribution in [3.63, 3.8) is 0 Å². The Kier molecular flexibility index (Phi) is 6.71. The summed E-state index contributed by atoms with van der Waals surface area (Å²) in [7, 11) is -2.52. The van der Waals surface area contributed by atoms with Crippen LogP contribution in [-0.2, 0) is 10.1 Å². The smallest absolute Gasteiger partial charge is 0.339 e. The number of methoxy groups -OCH3 is 1. The molecule has 33 heavy (non-hydrogen) atoms. The molecule has 4 aromatic rings. The lowest BCUT2D eigenvalue weighted by Crippen LogP contribution is -2.10. The van der Waals surface area contributed by atoms with E-state index < -0.39 is 10.1 Å². The summed E-state index contributed by atoms with van der Waals surface area (Å²) >= 11 is 1.51. The molecule has 1 heterocycles. The van der Waals surface area contributed by atoms with Gasteiger partial charge < -0.3 is 8.92 Å². The lowest BCUT2D eigenvalue weighted by Gasteiger charge is -2.11. The predicted octanol–water partition coefficient (Wildman–Crippen LogP) is 5.34. The third-order valence-electron chi connectivity index (χ3n) is 4.64. The third-order valence-corrected chi connectivity index (χ3v) is 6.76. The number of rotatable bonds is 8. The second-order valence-corrected chi connectivity index (χ2v) is 9.67. The molecule has 0 aliphatic rings. The highest BCUT2D eigenvalue weighted by Gasteiger charge is 2.19. The normalized spacial score (nSPS) is 11.5. The van der Waals surface area contributed by atoms with Crippen molar-refractivity contribution in [3.8, 4) is 22.8 Å². The van der Waals surface area contributed by atoms with Gasteiger partial charge in [-0.1, -0.05) is 48.5 Å². The van der Waals surface area contributed by atoms with Gasteiger partial charge in [-0.25, -0.2) is 4.98 Å². The van der Waals surface area contributed by atoms with Crippen LogP contribution in [0.1, 0.15) is 10.4 Å². The summed E-state index contributed by atoms with van der Waals surface area (Å²) < 4.78 is 35.6. The summed E-state index contributed by atoms with van der Waals surface area (Å²) in [6.45, 7) is 2.02. The minimum Gasteiger partial charge on any atom is -0.493 e. The maximum atomic E-state index is 12.5. The summed E-state index contributed by atoms with van der Waals surface area (Å²) in [6.07, 6.45) is 1.59. The van der Waals surface area contributed by atoms with E-state index in [-0.39, 0.29) is 16.4 Å². The average Bonchev–Trinajstić information content (AvgIpc) is 3.21. The number of thiazole rings is 1. The highest BCUT2D eigenvalue weighted by atomic mass is 32.2. The van der Waals surface area contributed by atoms with Crippen molar-refractivity contribution in [1.29, 1.82) is 0 Å². The molecule has 0 atom stereocenters. The molecule has 0 aliphatic heterocycles. The molecule has 3 aromatic carbocycles. The van der Waals surface area contributed by atoms with Crippen LogP contribution in [0.2, 0.25) is 0 Å². The Morgan fingerprint density at radius 2 is 1.67 bits per heavy atom. The van der Waals surface area contributed by atoms with E-state index in [0.717, 1.165) is 16.1 Å². The molecule has 0 bridgehead atoms. The number of aryl methyl sites for hydroxylation is 1. The van der Waals surface area contributed by atoms with Crippen molar-refractivity contribution in [1.82, 2.24) is 4.98 Å². The summed E-state index contributed by atoms with van der Waals surface area (Å²) in [5, 5.41) is 4.92. The predicted molar refractivity (Wildman–Crippen MR) is 131 cm³/mol. The zero-order valence-corrected chi connectivity index (χ0v) is 19.6. The Bertz CT molecular complexity index is 1370. The number of nitrogens with zero attached hydrogens (tertiary/aromatic N) is 2. The standard InChI is InChI=1S/C24H21N3O4S2/c1-17-23(19-9-5-3-6-10-19)26-24(32-17)27-25-16-18-13-14-21(22(15-18)30-2)31-33(28,29)20-11-7-4-8-12-20/h3-16H,1-2H3,(H,26,27)/b25-16-. The van der Waals surface area contributed by atoms with Crippen molar-refractivity contribution in [2.24, 2.45) is 5.10 Å². The molecule has 0 unspecified atom stereocenters. The monoisotopic (exact) mass is 479 g/mol. The lowest BCUT2D eigenvalue weighted by atomic mass is 10.1. The first-order valence-electron chi connectivity index (χ1n) is 9.96. The molecule has 0 radical (unpaired) electrons. The first kappa shape index (κ1) is 22.5. The molecule has 0 spiro atoms. The van der Waals surface area contributed by atoms with Gasteiger partial charge >= 0.3 is 10.1 Å². The van der Waals surface area contributed by atoms with Crippen LogP contribution in [-0.4, -0.2) is 26.7 Å². The van der Waals surface area contributed by atoms with Gasteiger partial charge in [-0.3, -0.25) is 5.43 Å². The minimum absolute atomic E-state index is 0.0653. The Morgan fingerprint density at radius 3 is 2.36 bits per heavy atom. The summed E-state index contributed by atoms with van der Waals surface area (Å²) in [4.78, 5) is 5.76. The van der Waals surface area contributed by atoms with E-state index in [0.29, 0.717) is 10.7 Å². The fourth-order valence-electron chi connectivity index (χ4n) is 3.06. The van der Waals surface area contributed by atoms with Crippen molar-refractivity contribution < 1.29 is 17.3 Å². The Balaban J connectivity index is 1.47. The van der Waals surface area contributed by atoms with E-state index in [1.54, 1.807) is 36.5 Å². The summed E-state index contributed by atoms with van der Waals surface area (Å²) in [5.41, 5.74) is 5.61. The van der Waals surface area contributed by atoms with Gasteiger partial charge in [-0.15, -0.1) is 11.3 Å². The SMILES string of the molecule is COc1cc(/C=N\Nc2nc(-c3ccccc3)c(C)s2)ccc1OS(=O)(=O)c1ccccc1. The minimum atomic E-state index is -3.97. The number of nitrogens with one attached hydrogen (secondary N) is 1. The molecule has 0 saturated carbocycles. The van der Waals surface area contributed by atoms with Crippen molar-refractivity contribution in [2.45, 2.75) is 11.8 Å². The topological polar surface area (TPSA) is 89.9 Å². The van der Waals surface area contributed by atoms with Gasteiger partial charge in [0.1, 0.15) is 4.90 Å². The van der Waals surface area contributed by atoms with E-state index in [9.17, 15) is 8.42 Å². The van der Waals surface area contributed by atoms with Gasteiger partial charge in [0.2, 0.25) is 5.13 Å². The molecule has 0 aliphatic carbocycles. The van der Waals surface area contributed by atoms with Crippen molar-refractivity contribution in [2.75, 3.05) is 12.5 Å². The Labute approximate surface area is 196 Å². The highest BCUT2D eigenvalue weighted by Crippen LogP contribution is 2.31. The molecule has 0 saturated heterocycles.